The Morgan fingerprint density at radius 1 is 1.20 bits per heavy atom. The fourth-order valence-corrected chi connectivity index (χ4v) is 2.71. The van der Waals surface area contributed by atoms with E-state index >= 15 is 0 Å². The van der Waals surface area contributed by atoms with Crippen molar-refractivity contribution in [2.45, 2.75) is 32.2 Å². The molecule has 0 unspecified atom stereocenters. The molecule has 0 spiro atoms. The summed E-state index contributed by atoms with van der Waals surface area (Å²) in [6.07, 6.45) is 0.257. The van der Waals surface area contributed by atoms with E-state index in [4.69, 9.17) is 10.2 Å². The van der Waals surface area contributed by atoms with E-state index in [2.05, 4.69) is 0 Å². The fourth-order valence-electron chi connectivity index (χ4n) is 2.15. The maximum Gasteiger partial charge on any atom is 0.326 e. The summed E-state index contributed by atoms with van der Waals surface area (Å²) < 4.78 is 0. The van der Waals surface area contributed by atoms with Crippen molar-refractivity contribution in [3.8, 4) is 0 Å². The van der Waals surface area contributed by atoms with E-state index in [1.165, 1.54) is 11.8 Å². The molecule has 1 saturated heterocycles. The first-order valence-corrected chi connectivity index (χ1v) is 7.20. The number of thioether (sulfide) groups is 1. The van der Waals surface area contributed by atoms with Crippen LogP contribution in [0.5, 0.6) is 0 Å². The molecule has 8 heteroatoms. The van der Waals surface area contributed by atoms with Crippen LogP contribution in [0.3, 0.4) is 0 Å². The molecule has 1 heterocycles. The zero-order chi connectivity index (χ0) is 15.3. The molecule has 2 N–H and O–H groups in total. The van der Waals surface area contributed by atoms with Gasteiger partial charge in [-0.1, -0.05) is 11.8 Å². The summed E-state index contributed by atoms with van der Waals surface area (Å²) >= 11 is 1.01. The van der Waals surface area contributed by atoms with Crippen LogP contribution in [-0.2, 0) is 19.2 Å². The Hall–Kier alpha value is -1.57. The molecule has 0 radical (unpaired) electrons. The Labute approximate surface area is 120 Å². The van der Waals surface area contributed by atoms with E-state index in [0.29, 0.717) is 5.75 Å². The number of hydrogen-bond donors (Lipinski definition) is 2. The summed E-state index contributed by atoms with van der Waals surface area (Å²) in [4.78, 5) is 46.0. The van der Waals surface area contributed by atoms with Crippen molar-refractivity contribution in [3.05, 3.63) is 0 Å². The SMILES string of the molecule is CC(=O)SCCC(=O)N1CC[C@@H](C(=O)O)C[C@H]1C(=O)O. The van der Waals surface area contributed by atoms with Gasteiger partial charge >= 0.3 is 11.9 Å². The third-order valence-corrected chi connectivity index (χ3v) is 3.99. The van der Waals surface area contributed by atoms with Gasteiger partial charge in [0.05, 0.1) is 5.92 Å². The molecule has 112 valence electrons. The number of likely N-dealkylation sites (tertiary alicyclic amines) is 1. The number of nitrogens with zero attached hydrogens (tertiary/aromatic N) is 1. The smallest absolute Gasteiger partial charge is 0.326 e. The van der Waals surface area contributed by atoms with Crippen LogP contribution in [-0.4, -0.2) is 56.4 Å². The molecule has 1 amide bonds. The van der Waals surface area contributed by atoms with Crippen molar-refractivity contribution < 1.29 is 29.4 Å². The van der Waals surface area contributed by atoms with Crippen molar-refractivity contribution in [1.29, 1.82) is 0 Å². The van der Waals surface area contributed by atoms with Crippen LogP contribution >= 0.6 is 11.8 Å². The number of carboxylic acid groups (broad SMARTS) is 2. The number of piperidine rings is 1. The first kappa shape index (κ1) is 16.5. The van der Waals surface area contributed by atoms with E-state index in [1.54, 1.807) is 0 Å². The first-order valence-electron chi connectivity index (χ1n) is 6.21. The number of rotatable bonds is 5. The highest BCUT2D eigenvalue weighted by atomic mass is 32.2. The predicted octanol–water partition coefficient (Wildman–Crippen LogP) is 0.433. The van der Waals surface area contributed by atoms with E-state index in [0.717, 1.165) is 11.8 Å². The quantitative estimate of drug-likeness (QED) is 0.757. The van der Waals surface area contributed by atoms with Crippen molar-refractivity contribution in [2.24, 2.45) is 5.92 Å². The summed E-state index contributed by atoms with van der Waals surface area (Å²) in [5.41, 5.74) is 0. The second-order valence-electron chi connectivity index (χ2n) is 4.59. The molecule has 1 fully saturated rings. The Morgan fingerprint density at radius 2 is 1.85 bits per heavy atom. The van der Waals surface area contributed by atoms with Crippen LogP contribution in [0.25, 0.3) is 0 Å². The zero-order valence-corrected chi connectivity index (χ0v) is 11.9. The minimum absolute atomic E-state index is 0.0732. The summed E-state index contributed by atoms with van der Waals surface area (Å²) in [5, 5.41) is 18.0. The Bertz CT molecular complexity index is 424. The lowest BCUT2D eigenvalue weighted by Crippen LogP contribution is -2.51. The number of hydrogen-bond acceptors (Lipinski definition) is 5. The van der Waals surface area contributed by atoms with Crippen LogP contribution in [0, 0.1) is 5.92 Å². The van der Waals surface area contributed by atoms with E-state index in [-0.39, 0.29) is 36.8 Å². The lowest BCUT2D eigenvalue weighted by molar-refractivity contribution is -0.156. The number of carbonyl (C=O) groups is 4. The van der Waals surface area contributed by atoms with Gasteiger partial charge in [-0.05, 0) is 12.8 Å². The van der Waals surface area contributed by atoms with Gasteiger partial charge in [0.25, 0.3) is 0 Å². The molecule has 0 aromatic rings. The standard InChI is InChI=1S/C12H17NO6S/c1-7(14)20-5-3-10(15)13-4-2-8(11(16)17)6-9(13)12(18)19/h8-9H,2-6H2,1H3,(H,16,17)(H,18,19)/t8-,9+/m1/s1. The van der Waals surface area contributed by atoms with Gasteiger partial charge in [-0.15, -0.1) is 0 Å². The third kappa shape index (κ3) is 4.52. The Kier molecular flexibility index (Phi) is 6.00. The summed E-state index contributed by atoms with van der Waals surface area (Å²) in [7, 11) is 0. The summed E-state index contributed by atoms with van der Waals surface area (Å²) in [6, 6.07) is -1.10. The summed E-state index contributed by atoms with van der Waals surface area (Å²) in [6.45, 7) is 1.52. The average Bonchev–Trinajstić information content (AvgIpc) is 2.37. The molecular weight excluding hydrogens is 286 g/mol. The van der Waals surface area contributed by atoms with Crippen molar-refractivity contribution in [3.63, 3.8) is 0 Å². The maximum absolute atomic E-state index is 12.0. The topological polar surface area (TPSA) is 112 Å². The van der Waals surface area contributed by atoms with E-state index in [9.17, 15) is 19.2 Å². The minimum Gasteiger partial charge on any atom is -0.481 e. The van der Waals surface area contributed by atoms with Crippen LogP contribution in [0.1, 0.15) is 26.2 Å². The Morgan fingerprint density at radius 3 is 2.35 bits per heavy atom. The molecule has 0 saturated carbocycles. The molecule has 1 aliphatic heterocycles. The molecule has 7 nitrogen and oxygen atoms in total. The third-order valence-electron chi connectivity index (χ3n) is 3.18. The van der Waals surface area contributed by atoms with Crippen LogP contribution in [0.15, 0.2) is 0 Å². The second-order valence-corrected chi connectivity index (χ2v) is 5.86. The molecule has 0 aromatic heterocycles. The molecule has 1 rings (SSSR count). The average molecular weight is 303 g/mol. The lowest BCUT2D eigenvalue weighted by atomic mass is 9.90. The van der Waals surface area contributed by atoms with Gasteiger partial charge in [-0.3, -0.25) is 14.4 Å². The van der Waals surface area contributed by atoms with Gasteiger partial charge in [-0.2, -0.15) is 0 Å². The molecule has 0 aliphatic carbocycles. The lowest BCUT2D eigenvalue weighted by Gasteiger charge is -2.35. The van der Waals surface area contributed by atoms with E-state index < -0.39 is 23.9 Å². The van der Waals surface area contributed by atoms with Crippen LogP contribution < -0.4 is 0 Å². The fraction of sp³-hybridized carbons (Fsp3) is 0.667. The van der Waals surface area contributed by atoms with Gasteiger partial charge in [0.2, 0.25) is 5.91 Å². The van der Waals surface area contributed by atoms with Crippen LogP contribution in [0.2, 0.25) is 0 Å². The second kappa shape index (κ2) is 7.28. The van der Waals surface area contributed by atoms with Gasteiger partial charge < -0.3 is 15.1 Å². The molecule has 2 atom stereocenters. The zero-order valence-electron chi connectivity index (χ0n) is 11.1. The number of aliphatic carboxylic acids is 2. The Balaban J connectivity index is 2.63. The van der Waals surface area contributed by atoms with Crippen molar-refractivity contribution in [1.82, 2.24) is 4.90 Å². The summed E-state index contributed by atoms with van der Waals surface area (Å²) in [5.74, 6) is -3.00. The van der Waals surface area contributed by atoms with Crippen molar-refractivity contribution >= 4 is 34.7 Å². The maximum atomic E-state index is 12.0. The highest BCUT2D eigenvalue weighted by Gasteiger charge is 2.38. The predicted molar refractivity (Wildman–Crippen MR) is 71.3 cm³/mol. The first-order chi connectivity index (χ1) is 9.32. The normalized spacial score (nSPS) is 22.4. The van der Waals surface area contributed by atoms with Crippen molar-refractivity contribution in [2.75, 3.05) is 12.3 Å². The monoisotopic (exact) mass is 303 g/mol. The highest BCUT2D eigenvalue weighted by molar-refractivity contribution is 8.13. The van der Waals surface area contributed by atoms with Crippen LogP contribution in [0.4, 0.5) is 0 Å². The number of carbonyl (C=O) groups excluding carboxylic acids is 2. The van der Waals surface area contributed by atoms with E-state index in [1.807, 2.05) is 0 Å². The van der Waals surface area contributed by atoms with Gasteiger partial charge in [-0.25, -0.2) is 4.79 Å². The molecule has 20 heavy (non-hydrogen) atoms. The molecular formula is C12H17NO6S. The largest absolute Gasteiger partial charge is 0.481 e. The highest BCUT2D eigenvalue weighted by Crippen LogP contribution is 2.24. The molecule has 0 aromatic carbocycles. The molecule has 0 bridgehead atoms. The van der Waals surface area contributed by atoms with Gasteiger partial charge in [0.1, 0.15) is 6.04 Å². The molecule has 1 aliphatic rings. The van der Waals surface area contributed by atoms with Gasteiger partial charge in [0, 0.05) is 25.6 Å². The minimum atomic E-state index is -1.19. The van der Waals surface area contributed by atoms with Gasteiger partial charge in [0.15, 0.2) is 5.12 Å². The number of carboxylic acids is 2. The number of amides is 1.